The number of amidine groups is 1. The van der Waals surface area contributed by atoms with Crippen LogP contribution in [0.15, 0.2) is 63.5 Å². The molecule has 1 aliphatic rings. The fourth-order valence-corrected chi connectivity index (χ4v) is 3.93. The SMILES string of the molecule is CCN(CC)c1ccc(N=C2N=C(n3nc(C)cc3C)N=C2c2ccc(OC)cc2)c(C)c1. The first-order valence-corrected chi connectivity index (χ1v) is 11.2. The standard InChI is InChI=1S/C26H30N6O/c1-7-31(8-2)21-11-14-23(17(3)15-21)27-25-24(20-9-12-22(33-6)13-10-20)28-26(29-25)32-19(5)16-18(4)30-32/h9-16H,7-8H2,1-6H3. The molecule has 0 radical (unpaired) electrons. The second-order valence-corrected chi connectivity index (χ2v) is 8.02. The van der Waals surface area contributed by atoms with Crippen molar-refractivity contribution in [1.82, 2.24) is 9.78 Å². The van der Waals surface area contributed by atoms with Gasteiger partial charge in [0.15, 0.2) is 5.84 Å². The Kier molecular flexibility index (Phi) is 6.40. The van der Waals surface area contributed by atoms with Crippen LogP contribution in [0.2, 0.25) is 0 Å². The lowest BCUT2D eigenvalue weighted by molar-refractivity contribution is 0.415. The van der Waals surface area contributed by atoms with Gasteiger partial charge in [-0.15, -0.1) is 0 Å². The highest BCUT2D eigenvalue weighted by Crippen LogP contribution is 2.27. The largest absolute Gasteiger partial charge is 0.497 e. The number of aliphatic imine (C=N–C) groups is 3. The summed E-state index contributed by atoms with van der Waals surface area (Å²) in [7, 11) is 1.66. The number of nitrogens with zero attached hydrogens (tertiary/aromatic N) is 6. The Morgan fingerprint density at radius 3 is 2.24 bits per heavy atom. The van der Waals surface area contributed by atoms with Gasteiger partial charge < -0.3 is 9.64 Å². The van der Waals surface area contributed by atoms with E-state index in [4.69, 9.17) is 19.7 Å². The summed E-state index contributed by atoms with van der Waals surface area (Å²) in [4.78, 5) is 16.9. The van der Waals surface area contributed by atoms with Crippen LogP contribution < -0.4 is 9.64 Å². The summed E-state index contributed by atoms with van der Waals surface area (Å²) in [6, 6.07) is 16.1. The summed E-state index contributed by atoms with van der Waals surface area (Å²) >= 11 is 0. The highest BCUT2D eigenvalue weighted by atomic mass is 16.5. The van der Waals surface area contributed by atoms with Crippen LogP contribution in [-0.4, -0.2) is 47.5 Å². The van der Waals surface area contributed by atoms with E-state index in [9.17, 15) is 0 Å². The van der Waals surface area contributed by atoms with Crippen LogP contribution in [0.25, 0.3) is 0 Å². The highest BCUT2D eigenvalue weighted by Gasteiger charge is 2.23. The molecule has 1 aromatic heterocycles. The maximum atomic E-state index is 5.31. The van der Waals surface area contributed by atoms with E-state index in [2.05, 4.69) is 49.0 Å². The van der Waals surface area contributed by atoms with Crippen LogP contribution in [0.1, 0.15) is 36.4 Å². The lowest BCUT2D eigenvalue weighted by Gasteiger charge is -2.21. The number of benzene rings is 2. The lowest BCUT2D eigenvalue weighted by atomic mass is 10.1. The molecule has 0 bridgehead atoms. The van der Waals surface area contributed by atoms with Gasteiger partial charge in [-0.3, -0.25) is 0 Å². The maximum absolute atomic E-state index is 5.31. The van der Waals surface area contributed by atoms with Gasteiger partial charge >= 0.3 is 0 Å². The van der Waals surface area contributed by atoms with Gasteiger partial charge in [0.25, 0.3) is 5.96 Å². The van der Waals surface area contributed by atoms with Crippen molar-refractivity contribution in [2.45, 2.75) is 34.6 Å². The maximum Gasteiger partial charge on any atom is 0.253 e. The zero-order chi connectivity index (χ0) is 23.5. The molecule has 170 valence electrons. The fourth-order valence-electron chi connectivity index (χ4n) is 3.93. The molecule has 3 aromatic rings. The van der Waals surface area contributed by atoms with Gasteiger partial charge in [-0.05, 0) is 88.7 Å². The second kappa shape index (κ2) is 9.40. The number of rotatable bonds is 6. The zero-order valence-electron chi connectivity index (χ0n) is 20.1. The number of hydrogen-bond acceptors (Lipinski definition) is 5. The first-order valence-electron chi connectivity index (χ1n) is 11.2. The van der Waals surface area contributed by atoms with Crippen molar-refractivity contribution < 1.29 is 4.74 Å². The Bertz CT molecular complexity index is 1250. The number of methoxy groups -OCH3 is 1. The third-order valence-corrected chi connectivity index (χ3v) is 5.73. The normalized spacial score (nSPS) is 14.4. The average molecular weight is 443 g/mol. The van der Waals surface area contributed by atoms with E-state index < -0.39 is 0 Å². The molecule has 0 fully saturated rings. The van der Waals surface area contributed by atoms with Crippen LogP contribution in [-0.2, 0) is 0 Å². The van der Waals surface area contributed by atoms with Gasteiger partial charge in [-0.1, -0.05) is 0 Å². The molecule has 2 aromatic carbocycles. The van der Waals surface area contributed by atoms with Crippen molar-refractivity contribution in [3.63, 3.8) is 0 Å². The molecule has 0 atom stereocenters. The van der Waals surface area contributed by atoms with Gasteiger partial charge in [0.2, 0.25) is 0 Å². The molecule has 0 N–H and O–H groups in total. The van der Waals surface area contributed by atoms with E-state index in [0.717, 1.165) is 47.0 Å². The summed E-state index contributed by atoms with van der Waals surface area (Å²) in [6.07, 6.45) is 0. The van der Waals surface area contributed by atoms with Crippen LogP contribution in [0, 0.1) is 20.8 Å². The monoisotopic (exact) mass is 442 g/mol. The Labute approximate surface area is 195 Å². The minimum Gasteiger partial charge on any atom is -0.497 e. The summed E-state index contributed by atoms with van der Waals surface area (Å²) < 4.78 is 7.07. The number of anilines is 1. The van der Waals surface area contributed by atoms with E-state index in [1.807, 2.05) is 44.2 Å². The smallest absolute Gasteiger partial charge is 0.253 e. The Morgan fingerprint density at radius 2 is 1.67 bits per heavy atom. The van der Waals surface area contributed by atoms with E-state index in [-0.39, 0.29) is 0 Å². The van der Waals surface area contributed by atoms with Gasteiger partial charge in [0.05, 0.1) is 18.5 Å². The minimum atomic E-state index is 0.516. The molecule has 7 nitrogen and oxygen atoms in total. The number of aryl methyl sites for hydroxylation is 3. The quantitative estimate of drug-likeness (QED) is 0.533. The third kappa shape index (κ3) is 4.58. The molecule has 1 aliphatic heterocycles. The molecule has 0 unspecified atom stereocenters. The van der Waals surface area contributed by atoms with E-state index in [1.54, 1.807) is 11.8 Å². The lowest BCUT2D eigenvalue weighted by Crippen LogP contribution is -2.21. The average Bonchev–Trinajstić information content (AvgIpc) is 3.38. The summed E-state index contributed by atoms with van der Waals surface area (Å²) in [5, 5.41) is 4.55. The molecule has 0 saturated heterocycles. The van der Waals surface area contributed by atoms with Crippen molar-refractivity contribution >= 4 is 28.9 Å². The molecule has 4 rings (SSSR count). The molecular weight excluding hydrogens is 412 g/mol. The third-order valence-electron chi connectivity index (χ3n) is 5.73. The Hall–Kier alpha value is -3.74. The predicted octanol–water partition coefficient (Wildman–Crippen LogP) is 5.10. The van der Waals surface area contributed by atoms with Gasteiger partial charge in [0.1, 0.15) is 11.5 Å². The Balaban J connectivity index is 1.78. The second-order valence-electron chi connectivity index (χ2n) is 8.02. The van der Waals surface area contributed by atoms with Crippen LogP contribution >= 0.6 is 0 Å². The zero-order valence-corrected chi connectivity index (χ0v) is 20.1. The van der Waals surface area contributed by atoms with Crippen LogP contribution in [0.3, 0.4) is 0 Å². The minimum absolute atomic E-state index is 0.516. The predicted molar refractivity (Wildman–Crippen MR) is 136 cm³/mol. The number of aromatic nitrogens is 2. The summed E-state index contributed by atoms with van der Waals surface area (Å²) in [5.74, 6) is 1.88. The van der Waals surface area contributed by atoms with Gasteiger partial charge in [-0.2, -0.15) is 10.1 Å². The molecule has 33 heavy (non-hydrogen) atoms. The number of hydrogen-bond donors (Lipinski definition) is 0. The summed E-state index contributed by atoms with van der Waals surface area (Å²) in [5.41, 5.74) is 6.70. The molecule has 0 aliphatic carbocycles. The van der Waals surface area contributed by atoms with Gasteiger partial charge in [0, 0.05) is 30.0 Å². The first-order chi connectivity index (χ1) is 15.9. The molecule has 7 heteroatoms. The number of ether oxygens (including phenoxy) is 1. The molecule has 0 amide bonds. The van der Waals surface area contributed by atoms with Crippen molar-refractivity contribution in [3.05, 3.63) is 71.0 Å². The molecular formula is C26H30N6O. The van der Waals surface area contributed by atoms with E-state index in [1.165, 1.54) is 5.69 Å². The first kappa shape index (κ1) is 22.5. The van der Waals surface area contributed by atoms with Crippen molar-refractivity contribution in [1.29, 1.82) is 0 Å². The van der Waals surface area contributed by atoms with Crippen molar-refractivity contribution in [2.24, 2.45) is 15.0 Å². The van der Waals surface area contributed by atoms with E-state index >= 15 is 0 Å². The fraction of sp³-hybridized carbons (Fsp3) is 0.308. The van der Waals surface area contributed by atoms with Crippen LogP contribution in [0.4, 0.5) is 11.4 Å². The molecule has 0 spiro atoms. The molecule has 2 heterocycles. The van der Waals surface area contributed by atoms with Crippen molar-refractivity contribution in [3.8, 4) is 5.75 Å². The Morgan fingerprint density at radius 1 is 0.939 bits per heavy atom. The van der Waals surface area contributed by atoms with Gasteiger partial charge in [-0.25, -0.2) is 14.7 Å². The highest BCUT2D eigenvalue weighted by molar-refractivity contribution is 6.53. The topological polar surface area (TPSA) is 67.4 Å². The summed E-state index contributed by atoms with van der Waals surface area (Å²) in [6.45, 7) is 12.3. The van der Waals surface area contributed by atoms with Crippen LogP contribution in [0.5, 0.6) is 5.75 Å². The molecule has 0 saturated carbocycles. The van der Waals surface area contributed by atoms with E-state index in [0.29, 0.717) is 17.5 Å². The van der Waals surface area contributed by atoms with Crippen molar-refractivity contribution in [2.75, 3.05) is 25.1 Å².